The van der Waals surface area contributed by atoms with Crippen LogP contribution in [0, 0.1) is 40.4 Å². The molecule has 1 saturated heterocycles. The molecule has 5 aliphatic carbocycles. The fourth-order valence-corrected chi connectivity index (χ4v) is 10.4. The van der Waals surface area contributed by atoms with Crippen LogP contribution in [0.4, 0.5) is 0 Å². The molecule has 164 valence electrons. The molecule has 6 heteroatoms. The van der Waals surface area contributed by atoms with Crippen molar-refractivity contribution in [1.82, 2.24) is 4.90 Å². The molecule has 6 aliphatic rings. The Morgan fingerprint density at radius 3 is 2.62 bits per heavy atom. The van der Waals surface area contributed by atoms with Crippen molar-refractivity contribution in [2.75, 3.05) is 33.9 Å². The number of nitrogens with zero attached hydrogens (tertiary/aromatic N) is 1. The number of hydrogen-bond acceptors (Lipinski definition) is 6. The lowest BCUT2D eigenvalue weighted by Gasteiger charge is -2.69. The number of ether oxygens (including phenoxy) is 2. The van der Waals surface area contributed by atoms with Crippen LogP contribution < -0.4 is 0 Å². The standard InChI is InChI=1S/C23H37NO5/c1-4-24-10-21(11-28-2)6-5-17(25)23-13-7-12-15(29-3)9-22(27,18(13)19(12)26)14(20(23)24)8-16(21)23/h12-20,25-27H,4-11H2,1-3H3/t12-,13+,14+,15+,16+,17+,18-,19+,20-,21+,22+,23-/m1/s1. The molecule has 0 unspecified atom stereocenters. The smallest absolute Gasteiger partial charge is 0.0771 e. The largest absolute Gasteiger partial charge is 0.392 e. The highest BCUT2D eigenvalue weighted by Gasteiger charge is 2.83. The predicted octanol–water partition coefficient (Wildman–Crippen LogP) is 0.877. The summed E-state index contributed by atoms with van der Waals surface area (Å²) in [5.41, 5.74) is -1.08. The molecule has 12 atom stereocenters. The van der Waals surface area contributed by atoms with Crippen molar-refractivity contribution < 1.29 is 24.8 Å². The Morgan fingerprint density at radius 1 is 1.14 bits per heavy atom. The van der Waals surface area contributed by atoms with E-state index in [4.69, 9.17) is 9.47 Å². The number of fused-ring (bicyclic) bond motifs is 2. The van der Waals surface area contributed by atoms with Crippen LogP contribution in [0.5, 0.6) is 0 Å². The third-order valence-electron chi connectivity index (χ3n) is 10.9. The minimum atomic E-state index is -0.901. The van der Waals surface area contributed by atoms with Gasteiger partial charge in [0, 0.05) is 61.8 Å². The molecule has 1 heterocycles. The van der Waals surface area contributed by atoms with Crippen molar-refractivity contribution >= 4 is 0 Å². The molecule has 0 radical (unpaired) electrons. The van der Waals surface area contributed by atoms with E-state index < -0.39 is 11.7 Å². The minimum absolute atomic E-state index is 0.0495. The molecule has 6 fully saturated rings. The van der Waals surface area contributed by atoms with Gasteiger partial charge in [0.2, 0.25) is 0 Å². The molecule has 3 N–H and O–H groups in total. The van der Waals surface area contributed by atoms with Crippen molar-refractivity contribution in [2.45, 2.75) is 69.0 Å². The zero-order valence-corrected chi connectivity index (χ0v) is 18.0. The third-order valence-corrected chi connectivity index (χ3v) is 10.9. The summed E-state index contributed by atoms with van der Waals surface area (Å²) >= 11 is 0. The molecule has 0 amide bonds. The summed E-state index contributed by atoms with van der Waals surface area (Å²) in [4.78, 5) is 2.57. The van der Waals surface area contributed by atoms with Gasteiger partial charge in [-0.1, -0.05) is 6.92 Å². The number of aliphatic hydroxyl groups is 3. The van der Waals surface area contributed by atoms with Gasteiger partial charge in [-0.05, 0) is 44.1 Å². The molecule has 6 rings (SSSR count). The maximum atomic E-state index is 12.2. The molecule has 5 saturated carbocycles. The Bertz CT molecular complexity index is 705. The summed E-state index contributed by atoms with van der Waals surface area (Å²) in [5.74, 6) is 0.553. The Hall–Kier alpha value is -0.240. The van der Waals surface area contributed by atoms with E-state index in [1.54, 1.807) is 14.2 Å². The fourth-order valence-electron chi connectivity index (χ4n) is 10.4. The second kappa shape index (κ2) is 5.96. The summed E-state index contributed by atoms with van der Waals surface area (Å²) in [6.07, 6.45) is 3.27. The SMILES string of the molecule is CCN1C[C@]2(COC)CC[C@H](O)[C@@]34[C@H]5C[C@H]6[C@H](O)[C@@H]5[C@](O)(C[C@@H]6OC)[C@@H](C[C@@H]23)[C@@H]14. The Morgan fingerprint density at radius 2 is 1.93 bits per heavy atom. The molecule has 0 aromatic heterocycles. The van der Waals surface area contributed by atoms with E-state index in [2.05, 4.69) is 11.8 Å². The van der Waals surface area contributed by atoms with E-state index >= 15 is 0 Å². The van der Waals surface area contributed by atoms with Crippen molar-refractivity contribution in [2.24, 2.45) is 40.4 Å². The molecule has 1 aliphatic heterocycles. The van der Waals surface area contributed by atoms with Crippen molar-refractivity contribution in [3.63, 3.8) is 0 Å². The van der Waals surface area contributed by atoms with E-state index in [9.17, 15) is 15.3 Å². The minimum Gasteiger partial charge on any atom is -0.392 e. The van der Waals surface area contributed by atoms with E-state index in [0.717, 1.165) is 45.4 Å². The highest BCUT2D eigenvalue weighted by molar-refractivity contribution is 5.33. The Balaban J connectivity index is 1.57. The Labute approximate surface area is 173 Å². The first-order valence-corrected chi connectivity index (χ1v) is 11.7. The van der Waals surface area contributed by atoms with Crippen LogP contribution >= 0.6 is 0 Å². The van der Waals surface area contributed by atoms with Gasteiger partial charge in [0.05, 0.1) is 30.5 Å². The molecule has 29 heavy (non-hydrogen) atoms. The number of piperidine rings is 1. The summed E-state index contributed by atoms with van der Waals surface area (Å²) in [6.45, 7) is 4.88. The maximum absolute atomic E-state index is 12.2. The number of hydrogen-bond donors (Lipinski definition) is 3. The van der Waals surface area contributed by atoms with Crippen LogP contribution in [0.15, 0.2) is 0 Å². The van der Waals surface area contributed by atoms with Crippen molar-refractivity contribution in [3.8, 4) is 0 Å². The monoisotopic (exact) mass is 407 g/mol. The summed E-state index contributed by atoms with van der Waals surface area (Å²) < 4.78 is 11.6. The number of rotatable bonds is 4. The van der Waals surface area contributed by atoms with Crippen molar-refractivity contribution in [1.29, 1.82) is 0 Å². The second-order valence-electron chi connectivity index (χ2n) is 11.2. The topological polar surface area (TPSA) is 82.4 Å². The van der Waals surface area contributed by atoms with Gasteiger partial charge in [-0.2, -0.15) is 0 Å². The quantitative estimate of drug-likeness (QED) is 0.642. The number of aliphatic hydroxyl groups excluding tert-OH is 2. The van der Waals surface area contributed by atoms with E-state index in [1.807, 2.05) is 0 Å². The van der Waals surface area contributed by atoms with Gasteiger partial charge in [0.1, 0.15) is 0 Å². The van der Waals surface area contributed by atoms with E-state index in [0.29, 0.717) is 12.3 Å². The first-order chi connectivity index (χ1) is 13.9. The first kappa shape index (κ1) is 19.4. The van der Waals surface area contributed by atoms with Crippen molar-refractivity contribution in [3.05, 3.63) is 0 Å². The number of methoxy groups -OCH3 is 2. The second-order valence-corrected chi connectivity index (χ2v) is 11.2. The predicted molar refractivity (Wildman–Crippen MR) is 106 cm³/mol. The lowest BCUT2D eigenvalue weighted by atomic mass is 9.43. The van der Waals surface area contributed by atoms with Crippen LogP contribution in [0.2, 0.25) is 0 Å². The lowest BCUT2D eigenvalue weighted by Crippen LogP contribution is -2.76. The van der Waals surface area contributed by atoms with E-state index in [-0.39, 0.29) is 52.8 Å². The van der Waals surface area contributed by atoms with Crippen LogP contribution in [0.25, 0.3) is 0 Å². The van der Waals surface area contributed by atoms with Gasteiger partial charge in [0.25, 0.3) is 0 Å². The average Bonchev–Trinajstić information content (AvgIpc) is 3.13. The van der Waals surface area contributed by atoms with Crippen LogP contribution in [0.3, 0.4) is 0 Å². The third kappa shape index (κ3) is 1.93. The highest BCUT2D eigenvalue weighted by Crippen LogP contribution is 2.78. The van der Waals surface area contributed by atoms with Crippen LogP contribution in [0.1, 0.15) is 39.0 Å². The summed E-state index contributed by atoms with van der Waals surface area (Å²) in [6, 6.07) is 0.200. The first-order valence-electron chi connectivity index (χ1n) is 11.7. The van der Waals surface area contributed by atoms with Crippen LogP contribution in [-0.4, -0.2) is 84.1 Å². The summed E-state index contributed by atoms with van der Waals surface area (Å²) in [7, 11) is 3.52. The molecule has 7 bridgehead atoms. The van der Waals surface area contributed by atoms with Gasteiger partial charge >= 0.3 is 0 Å². The zero-order valence-electron chi connectivity index (χ0n) is 18.0. The molecule has 0 aromatic carbocycles. The molecular weight excluding hydrogens is 370 g/mol. The van der Waals surface area contributed by atoms with E-state index in [1.165, 1.54) is 0 Å². The van der Waals surface area contributed by atoms with Gasteiger partial charge in [-0.25, -0.2) is 0 Å². The van der Waals surface area contributed by atoms with Gasteiger partial charge in [-0.15, -0.1) is 0 Å². The van der Waals surface area contributed by atoms with Crippen LogP contribution in [-0.2, 0) is 9.47 Å². The lowest BCUT2D eigenvalue weighted by molar-refractivity contribution is -0.272. The highest BCUT2D eigenvalue weighted by atomic mass is 16.5. The molecular formula is C23H37NO5. The maximum Gasteiger partial charge on any atom is 0.0771 e. The molecule has 6 nitrogen and oxygen atoms in total. The summed E-state index contributed by atoms with van der Waals surface area (Å²) in [5, 5.41) is 35.2. The van der Waals surface area contributed by atoms with Gasteiger partial charge in [0.15, 0.2) is 0 Å². The zero-order chi connectivity index (χ0) is 20.3. The Kier molecular flexibility index (Phi) is 4.00. The average molecular weight is 408 g/mol. The van der Waals surface area contributed by atoms with Gasteiger partial charge in [-0.3, -0.25) is 4.90 Å². The molecule has 1 spiro atoms. The normalized spacial score (nSPS) is 62.5. The molecule has 0 aromatic rings. The fraction of sp³-hybridized carbons (Fsp3) is 1.00. The number of likely N-dealkylation sites (tertiary alicyclic amines) is 1. The van der Waals surface area contributed by atoms with Gasteiger partial charge < -0.3 is 24.8 Å².